The van der Waals surface area contributed by atoms with E-state index in [0.717, 1.165) is 11.1 Å². The molecule has 0 aromatic heterocycles. The van der Waals surface area contributed by atoms with Crippen LogP contribution in [0.25, 0.3) is 0 Å². The van der Waals surface area contributed by atoms with Gasteiger partial charge in [0.2, 0.25) is 11.8 Å². The number of carbonyl (C=O) groups is 3. The van der Waals surface area contributed by atoms with E-state index < -0.39 is 11.9 Å². The first-order valence-corrected chi connectivity index (χ1v) is 11.5. The highest BCUT2D eigenvalue weighted by Crippen LogP contribution is 2.34. The number of likely N-dealkylation sites (tertiary alicyclic amines) is 1. The fourth-order valence-corrected chi connectivity index (χ4v) is 4.42. The minimum atomic E-state index is -0.969. The van der Waals surface area contributed by atoms with E-state index in [-0.39, 0.29) is 36.5 Å². The zero-order valence-electron chi connectivity index (χ0n) is 18.3. The van der Waals surface area contributed by atoms with Gasteiger partial charge in [0.25, 0.3) is 0 Å². The smallest absolute Gasteiger partial charge is 0.305 e. The van der Waals surface area contributed by atoms with Gasteiger partial charge in [-0.3, -0.25) is 14.4 Å². The number of nitrogens with zero attached hydrogens (tertiary/aromatic N) is 1. The molecule has 1 fully saturated rings. The van der Waals surface area contributed by atoms with Gasteiger partial charge in [0.15, 0.2) is 0 Å². The molecule has 0 saturated carbocycles. The summed E-state index contributed by atoms with van der Waals surface area (Å²) in [6.45, 7) is 1.15. The maximum Gasteiger partial charge on any atom is 0.305 e. The number of carboxylic acids is 1. The summed E-state index contributed by atoms with van der Waals surface area (Å²) in [6.07, 6.45) is 1.97. The van der Waals surface area contributed by atoms with Gasteiger partial charge in [-0.2, -0.15) is 0 Å². The van der Waals surface area contributed by atoms with Crippen LogP contribution in [0, 0.1) is 11.7 Å². The van der Waals surface area contributed by atoms with E-state index in [4.69, 9.17) is 16.7 Å². The zero-order chi connectivity index (χ0) is 23.8. The lowest BCUT2D eigenvalue weighted by molar-refractivity contribution is -0.137. The summed E-state index contributed by atoms with van der Waals surface area (Å²) in [6, 6.07) is 13.4. The lowest BCUT2D eigenvalue weighted by Crippen LogP contribution is -2.43. The van der Waals surface area contributed by atoms with Crippen LogP contribution in [0.2, 0.25) is 5.02 Å². The van der Waals surface area contributed by atoms with Crippen molar-refractivity contribution in [3.63, 3.8) is 0 Å². The Morgan fingerprint density at radius 3 is 2.42 bits per heavy atom. The van der Waals surface area contributed by atoms with E-state index in [1.807, 2.05) is 18.2 Å². The average Bonchev–Trinajstić information content (AvgIpc) is 2.79. The number of hydrogen-bond donors (Lipinski definition) is 2. The topological polar surface area (TPSA) is 86.7 Å². The highest BCUT2D eigenvalue weighted by atomic mass is 35.5. The Labute approximate surface area is 197 Å². The normalized spacial score (nSPS) is 15.2. The second kappa shape index (κ2) is 11.8. The van der Waals surface area contributed by atoms with Crippen LogP contribution < -0.4 is 5.32 Å². The number of carbonyl (C=O) groups excluding carboxylic acids is 2. The Bertz CT molecular complexity index is 975. The molecule has 0 aliphatic carbocycles. The summed E-state index contributed by atoms with van der Waals surface area (Å²) in [5.74, 6) is -1.90. The third-order valence-corrected chi connectivity index (χ3v) is 6.28. The summed E-state index contributed by atoms with van der Waals surface area (Å²) in [5.41, 5.74) is 1.61. The van der Waals surface area contributed by atoms with Gasteiger partial charge in [-0.1, -0.05) is 35.9 Å². The lowest BCUT2D eigenvalue weighted by Gasteiger charge is -2.36. The Morgan fingerprint density at radius 2 is 1.79 bits per heavy atom. The maximum absolute atomic E-state index is 13.3. The highest BCUT2D eigenvalue weighted by molar-refractivity contribution is 6.30. The minimum absolute atomic E-state index is 0.0169. The van der Waals surface area contributed by atoms with E-state index >= 15 is 0 Å². The molecule has 1 atom stereocenters. The number of amides is 2. The number of nitrogens with one attached hydrogen (secondary N) is 1. The monoisotopic (exact) mass is 474 g/mol. The molecule has 1 heterocycles. The molecule has 2 amide bonds. The predicted octanol–water partition coefficient (Wildman–Crippen LogP) is 4.03. The molecule has 0 spiro atoms. The SMILES string of the molecule is O=C(O)CCNC(=O)[C@H](c1ccc(Cl)cc1)C1CCN(C(=O)CCc2cccc(F)c2)CC1. The van der Waals surface area contributed by atoms with Gasteiger partial charge in [0, 0.05) is 31.1 Å². The van der Waals surface area contributed by atoms with Crippen LogP contribution in [-0.4, -0.2) is 47.4 Å². The number of piperidine rings is 1. The Kier molecular flexibility index (Phi) is 8.83. The van der Waals surface area contributed by atoms with Gasteiger partial charge < -0.3 is 15.3 Å². The largest absolute Gasteiger partial charge is 0.481 e. The summed E-state index contributed by atoms with van der Waals surface area (Å²) in [5, 5.41) is 12.2. The summed E-state index contributed by atoms with van der Waals surface area (Å²) < 4.78 is 13.3. The number of hydrogen-bond acceptors (Lipinski definition) is 3. The van der Waals surface area contributed by atoms with Crippen molar-refractivity contribution in [3.8, 4) is 0 Å². The summed E-state index contributed by atoms with van der Waals surface area (Å²) in [7, 11) is 0. The highest BCUT2D eigenvalue weighted by Gasteiger charge is 2.33. The summed E-state index contributed by atoms with van der Waals surface area (Å²) >= 11 is 6.01. The van der Waals surface area contributed by atoms with Gasteiger partial charge in [0.05, 0.1) is 12.3 Å². The maximum atomic E-state index is 13.3. The van der Waals surface area contributed by atoms with Crippen molar-refractivity contribution in [2.24, 2.45) is 5.92 Å². The van der Waals surface area contributed by atoms with Crippen LogP contribution in [0.15, 0.2) is 48.5 Å². The van der Waals surface area contributed by atoms with Gasteiger partial charge in [-0.05, 0) is 60.6 Å². The van der Waals surface area contributed by atoms with Crippen molar-refractivity contribution in [1.82, 2.24) is 10.2 Å². The quantitative estimate of drug-likeness (QED) is 0.574. The van der Waals surface area contributed by atoms with Crippen LogP contribution in [0.4, 0.5) is 4.39 Å². The molecule has 0 radical (unpaired) electrons. The van der Waals surface area contributed by atoms with E-state index in [1.54, 1.807) is 23.1 Å². The van der Waals surface area contributed by atoms with E-state index in [0.29, 0.717) is 43.8 Å². The van der Waals surface area contributed by atoms with Crippen LogP contribution in [-0.2, 0) is 20.8 Å². The molecular formula is C25H28ClFN2O4. The Hall–Kier alpha value is -2.93. The number of aryl methyl sites for hydroxylation is 1. The van der Waals surface area contributed by atoms with Crippen LogP contribution in [0.3, 0.4) is 0 Å². The number of rotatable bonds is 9. The number of carboxylic acid groups (broad SMARTS) is 1. The molecule has 1 aliphatic heterocycles. The van der Waals surface area contributed by atoms with Crippen LogP contribution >= 0.6 is 11.6 Å². The van der Waals surface area contributed by atoms with Gasteiger partial charge in [0.1, 0.15) is 5.82 Å². The third-order valence-electron chi connectivity index (χ3n) is 6.03. The van der Waals surface area contributed by atoms with Gasteiger partial charge in [-0.25, -0.2) is 4.39 Å². The van der Waals surface area contributed by atoms with E-state index in [1.165, 1.54) is 12.1 Å². The van der Waals surface area contributed by atoms with Crippen LogP contribution in [0.5, 0.6) is 0 Å². The second-order valence-corrected chi connectivity index (χ2v) is 8.75. The van der Waals surface area contributed by atoms with E-state index in [9.17, 15) is 18.8 Å². The average molecular weight is 475 g/mol. The van der Waals surface area contributed by atoms with E-state index in [2.05, 4.69) is 5.32 Å². The van der Waals surface area contributed by atoms with Crippen molar-refractivity contribution in [2.45, 2.75) is 38.0 Å². The molecule has 0 unspecified atom stereocenters. The molecule has 2 aromatic carbocycles. The van der Waals surface area contributed by atoms with Crippen molar-refractivity contribution >= 4 is 29.4 Å². The predicted molar refractivity (Wildman–Crippen MR) is 123 cm³/mol. The molecule has 8 heteroatoms. The van der Waals surface area contributed by atoms with Crippen molar-refractivity contribution in [2.75, 3.05) is 19.6 Å². The van der Waals surface area contributed by atoms with Crippen molar-refractivity contribution < 1.29 is 23.9 Å². The third kappa shape index (κ3) is 7.29. The van der Waals surface area contributed by atoms with Crippen molar-refractivity contribution in [3.05, 3.63) is 70.5 Å². The molecular weight excluding hydrogens is 447 g/mol. The second-order valence-electron chi connectivity index (χ2n) is 8.31. The lowest BCUT2D eigenvalue weighted by atomic mass is 9.79. The van der Waals surface area contributed by atoms with Crippen LogP contribution in [0.1, 0.15) is 42.7 Å². The first kappa shape index (κ1) is 24.7. The number of halogens is 2. The molecule has 2 aromatic rings. The molecule has 2 N–H and O–H groups in total. The molecule has 1 aliphatic rings. The first-order chi connectivity index (χ1) is 15.8. The molecule has 176 valence electrons. The molecule has 1 saturated heterocycles. The van der Waals surface area contributed by atoms with Gasteiger partial charge >= 0.3 is 5.97 Å². The minimum Gasteiger partial charge on any atom is -0.481 e. The zero-order valence-corrected chi connectivity index (χ0v) is 19.1. The molecule has 0 bridgehead atoms. The standard InChI is InChI=1S/C25H28ClFN2O4/c26-20-7-5-18(6-8-20)24(25(33)28-13-10-23(31)32)19-11-14-29(15-12-19)22(30)9-4-17-2-1-3-21(27)16-17/h1-3,5-8,16,19,24H,4,9-15H2,(H,28,33)(H,31,32)/t24-/m1/s1. The Balaban J connectivity index is 1.60. The van der Waals surface area contributed by atoms with Gasteiger partial charge in [-0.15, -0.1) is 0 Å². The summed E-state index contributed by atoms with van der Waals surface area (Å²) in [4.78, 5) is 38.2. The number of benzene rings is 2. The van der Waals surface area contributed by atoms with Crippen molar-refractivity contribution in [1.29, 1.82) is 0 Å². The fourth-order valence-electron chi connectivity index (χ4n) is 4.29. The molecule has 33 heavy (non-hydrogen) atoms. The molecule has 3 rings (SSSR count). The first-order valence-electron chi connectivity index (χ1n) is 11.1. The Morgan fingerprint density at radius 1 is 1.09 bits per heavy atom. The molecule has 6 nitrogen and oxygen atoms in total. The number of aliphatic carboxylic acids is 1. The fraction of sp³-hybridized carbons (Fsp3) is 0.400.